The van der Waals surface area contributed by atoms with Gasteiger partial charge >= 0.3 is 0 Å². The van der Waals surface area contributed by atoms with Crippen LogP contribution >= 0.6 is 0 Å². The summed E-state index contributed by atoms with van der Waals surface area (Å²) in [4.78, 5) is 25.4. The summed E-state index contributed by atoms with van der Waals surface area (Å²) in [6, 6.07) is 0.129. The van der Waals surface area contributed by atoms with Gasteiger partial charge in [-0.2, -0.15) is 0 Å². The van der Waals surface area contributed by atoms with Crippen LogP contribution in [0.15, 0.2) is 0 Å². The molecular formula is C11H16N2O2. The molecule has 3 atom stereocenters. The number of nitrogens with zero attached hydrogens (tertiary/aromatic N) is 1. The lowest BCUT2D eigenvalue weighted by molar-refractivity contribution is -0.145. The van der Waals surface area contributed by atoms with E-state index in [0.717, 1.165) is 19.3 Å². The highest BCUT2D eigenvalue weighted by Gasteiger charge is 2.49. The third-order valence-corrected chi connectivity index (χ3v) is 3.74. The molecule has 1 aliphatic heterocycles. The summed E-state index contributed by atoms with van der Waals surface area (Å²) >= 11 is 0. The third kappa shape index (κ3) is 1.52. The Balaban J connectivity index is 1.76. The van der Waals surface area contributed by atoms with Gasteiger partial charge in [0.15, 0.2) is 0 Å². The molecule has 2 aliphatic carbocycles. The smallest absolute Gasteiger partial charge is 0.246 e. The van der Waals surface area contributed by atoms with E-state index in [9.17, 15) is 9.59 Å². The fourth-order valence-electron chi connectivity index (χ4n) is 2.46. The first-order valence-electron chi connectivity index (χ1n) is 5.76. The van der Waals surface area contributed by atoms with E-state index in [1.54, 1.807) is 4.90 Å². The van der Waals surface area contributed by atoms with E-state index < -0.39 is 0 Å². The number of hydrogen-bond acceptors (Lipinski definition) is 2. The molecule has 0 radical (unpaired) electrons. The molecule has 1 N–H and O–H groups in total. The minimum atomic E-state index is -0.209. The zero-order valence-corrected chi connectivity index (χ0v) is 8.90. The molecule has 1 saturated heterocycles. The fraction of sp³-hybridized carbons (Fsp3) is 0.818. The van der Waals surface area contributed by atoms with Crippen LogP contribution < -0.4 is 5.32 Å². The molecule has 4 heteroatoms. The third-order valence-electron chi connectivity index (χ3n) is 3.74. The topological polar surface area (TPSA) is 49.4 Å². The van der Waals surface area contributed by atoms with Gasteiger partial charge < -0.3 is 10.2 Å². The Kier molecular flexibility index (Phi) is 1.82. The molecule has 2 amide bonds. The number of carbonyl (C=O) groups is 2. The summed E-state index contributed by atoms with van der Waals surface area (Å²) in [5.41, 5.74) is 0. The Bertz CT molecular complexity index is 325. The first-order valence-corrected chi connectivity index (χ1v) is 5.76. The second-order valence-corrected chi connectivity index (χ2v) is 5.13. The van der Waals surface area contributed by atoms with E-state index in [1.807, 2.05) is 0 Å². The lowest BCUT2D eigenvalue weighted by atomic mass is 10.1. The van der Waals surface area contributed by atoms with Gasteiger partial charge in [0.25, 0.3) is 0 Å². The molecule has 0 spiro atoms. The van der Waals surface area contributed by atoms with Gasteiger partial charge in [-0.1, -0.05) is 6.92 Å². The minimum Gasteiger partial charge on any atom is -0.342 e. The second-order valence-electron chi connectivity index (χ2n) is 5.13. The van der Waals surface area contributed by atoms with Crippen molar-refractivity contribution < 1.29 is 9.59 Å². The van der Waals surface area contributed by atoms with E-state index in [1.165, 1.54) is 0 Å². The molecule has 0 bridgehead atoms. The molecule has 3 unspecified atom stereocenters. The highest BCUT2D eigenvalue weighted by molar-refractivity contribution is 5.95. The number of nitrogens with one attached hydrogen (secondary N) is 1. The lowest BCUT2D eigenvalue weighted by Gasteiger charge is -2.33. The van der Waals surface area contributed by atoms with Crippen LogP contribution in [-0.4, -0.2) is 35.3 Å². The maximum Gasteiger partial charge on any atom is 0.246 e. The molecule has 1 heterocycles. The summed E-state index contributed by atoms with van der Waals surface area (Å²) < 4.78 is 0. The molecule has 0 aromatic rings. The van der Waals surface area contributed by atoms with Crippen molar-refractivity contribution in [3.8, 4) is 0 Å². The molecule has 3 aliphatic rings. The molecule has 3 rings (SSSR count). The Morgan fingerprint density at radius 2 is 2.00 bits per heavy atom. The summed E-state index contributed by atoms with van der Waals surface area (Å²) in [5.74, 6) is 1.18. The van der Waals surface area contributed by atoms with Gasteiger partial charge in [0.05, 0.1) is 6.54 Å². The van der Waals surface area contributed by atoms with E-state index in [-0.39, 0.29) is 24.4 Å². The largest absolute Gasteiger partial charge is 0.342 e. The summed E-state index contributed by atoms with van der Waals surface area (Å²) in [6.45, 7) is 2.41. The van der Waals surface area contributed by atoms with Gasteiger partial charge in [-0.05, 0) is 31.1 Å². The maximum absolute atomic E-state index is 12.1. The van der Waals surface area contributed by atoms with Crippen LogP contribution in [0.25, 0.3) is 0 Å². The van der Waals surface area contributed by atoms with Gasteiger partial charge in [-0.3, -0.25) is 9.59 Å². The molecule has 3 fully saturated rings. The Hall–Kier alpha value is -1.06. The summed E-state index contributed by atoms with van der Waals surface area (Å²) in [7, 11) is 0. The number of hydrogen-bond donors (Lipinski definition) is 1. The minimum absolute atomic E-state index is 0.0191. The first-order chi connectivity index (χ1) is 7.16. The second kappa shape index (κ2) is 2.97. The van der Waals surface area contributed by atoms with Crippen molar-refractivity contribution in [1.29, 1.82) is 0 Å². The van der Waals surface area contributed by atoms with Gasteiger partial charge in [0.1, 0.15) is 6.04 Å². The highest BCUT2D eigenvalue weighted by atomic mass is 16.2. The van der Waals surface area contributed by atoms with Crippen molar-refractivity contribution in [2.45, 2.75) is 38.3 Å². The Morgan fingerprint density at radius 3 is 2.53 bits per heavy atom. The SMILES string of the molecule is CC1CC1N1CC(=O)NC(C2CC2)C1=O. The van der Waals surface area contributed by atoms with E-state index in [4.69, 9.17) is 0 Å². The van der Waals surface area contributed by atoms with Crippen LogP contribution in [-0.2, 0) is 9.59 Å². The van der Waals surface area contributed by atoms with Crippen LogP contribution in [0, 0.1) is 11.8 Å². The zero-order chi connectivity index (χ0) is 10.6. The predicted octanol–water partition coefficient (Wildman–Crippen LogP) is 0.132. The molecule has 4 nitrogen and oxygen atoms in total. The quantitative estimate of drug-likeness (QED) is 0.701. The number of amides is 2. The fourth-order valence-corrected chi connectivity index (χ4v) is 2.46. The van der Waals surface area contributed by atoms with Crippen LogP contribution in [0.1, 0.15) is 26.2 Å². The van der Waals surface area contributed by atoms with E-state index >= 15 is 0 Å². The molecule has 15 heavy (non-hydrogen) atoms. The molecule has 0 aromatic carbocycles. The standard InChI is InChI=1S/C11H16N2O2/c1-6-4-8(6)13-5-9(14)12-10(11(13)15)7-2-3-7/h6-8,10H,2-5H2,1H3,(H,12,14). The Morgan fingerprint density at radius 1 is 1.33 bits per heavy atom. The summed E-state index contributed by atoms with van der Waals surface area (Å²) in [6.07, 6.45) is 3.24. The van der Waals surface area contributed by atoms with Crippen molar-refractivity contribution >= 4 is 11.8 Å². The number of rotatable bonds is 2. The summed E-state index contributed by atoms with van der Waals surface area (Å²) in [5, 5.41) is 2.83. The van der Waals surface area contributed by atoms with Gasteiger partial charge in [-0.15, -0.1) is 0 Å². The highest BCUT2D eigenvalue weighted by Crippen LogP contribution is 2.39. The molecule has 82 valence electrons. The van der Waals surface area contributed by atoms with Crippen molar-refractivity contribution in [2.24, 2.45) is 11.8 Å². The first kappa shape index (κ1) is 9.19. The molecular weight excluding hydrogens is 192 g/mol. The molecule has 2 saturated carbocycles. The van der Waals surface area contributed by atoms with Gasteiger partial charge in [0.2, 0.25) is 11.8 Å². The van der Waals surface area contributed by atoms with E-state index in [2.05, 4.69) is 12.2 Å². The van der Waals surface area contributed by atoms with Crippen molar-refractivity contribution in [2.75, 3.05) is 6.54 Å². The van der Waals surface area contributed by atoms with Crippen molar-refractivity contribution in [3.05, 3.63) is 0 Å². The van der Waals surface area contributed by atoms with Crippen LogP contribution in [0.3, 0.4) is 0 Å². The van der Waals surface area contributed by atoms with Crippen molar-refractivity contribution in [1.82, 2.24) is 10.2 Å². The predicted molar refractivity (Wildman–Crippen MR) is 53.9 cm³/mol. The number of piperazine rings is 1. The lowest BCUT2D eigenvalue weighted by Crippen LogP contribution is -2.59. The molecule has 0 aromatic heterocycles. The van der Waals surface area contributed by atoms with Gasteiger partial charge in [-0.25, -0.2) is 0 Å². The Labute approximate surface area is 89.0 Å². The number of carbonyl (C=O) groups excluding carboxylic acids is 2. The zero-order valence-electron chi connectivity index (χ0n) is 8.90. The van der Waals surface area contributed by atoms with E-state index in [0.29, 0.717) is 17.9 Å². The van der Waals surface area contributed by atoms with Crippen LogP contribution in [0.4, 0.5) is 0 Å². The average molecular weight is 208 g/mol. The van der Waals surface area contributed by atoms with Crippen LogP contribution in [0.2, 0.25) is 0 Å². The van der Waals surface area contributed by atoms with Crippen LogP contribution in [0.5, 0.6) is 0 Å². The normalized spacial score (nSPS) is 40.3. The maximum atomic E-state index is 12.1. The average Bonchev–Trinajstić information content (AvgIpc) is 3.03. The monoisotopic (exact) mass is 208 g/mol. The van der Waals surface area contributed by atoms with Crippen molar-refractivity contribution in [3.63, 3.8) is 0 Å². The van der Waals surface area contributed by atoms with Gasteiger partial charge in [0, 0.05) is 6.04 Å².